The number of hydrogen-bond acceptors (Lipinski definition) is 3. The van der Waals surface area contributed by atoms with E-state index in [-0.39, 0.29) is 11.7 Å². The van der Waals surface area contributed by atoms with Gasteiger partial charge in [0.1, 0.15) is 0 Å². The molecule has 2 heterocycles. The molecule has 150 valence electrons. The van der Waals surface area contributed by atoms with Crippen LogP contribution in [0.1, 0.15) is 52.0 Å². The lowest BCUT2D eigenvalue weighted by Crippen LogP contribution is -2.50. The van der Waals surface area contributed by atoms with E-state index in [9.17, 15) is 9.59 Å². The average Bonchev–Trinajstić information content (AvgIpc) is 2.96. The standard InChI is InChI=1S/C22H28BrN3O2/c1-15(2)26-16(3)13-19(17(26)4)21(27)14-24-9-11-25(12-10-24)22(28)18-7-5-6-8-20(18)23/h5-8,13,15H,9-12,14H2,1-4H3. The summed E-state index contributed by atoms with van der Waals surface area (Å²) in [4.78, 5) is 29.6. The number of rotatable bonds is 5. The van der Waals surface area contributed by atoms with Crippen molar-refractivity contribution in [2.45, 2.75) is 33.7 Å². The minimum Gasteiger partial charge on any atom is -0.346 e. The molecule has 1 aliphatic heterocycles. The van der Waals surface area contributed by atoms with Gasteiger partial charge >= 0.3 is 0 Å². The SMILES string of the molecule is Cc1cc(C(=O)CN2CCN(C(=O)c3ccccc3Br)CC2)c(C)n1C(C)C. The summed E-state index contributed by atoms with van der Waals surface area (Å²) < 4.78 is 3.03. The van der Waals surface area contributed by atoms with Crippen LogP contribution in [0, 0.1) is 13.8 Å². The lowest BCUT2D eigenvalue weighted by atomic mass is 10.1. The molecular weight excluding hydrogens is 418 g/mol. The highest BCUT2D eigenvalue weighted by molar-refractivity contribution is 9.10. The first-order chi connectivity index (χ1) is 13.3. The minimum absolute atomic E-state index is 0.0407. The third kappa shape index (κ3) is 4.23. The van der Waals surface area contributed by atoms with Crippen LogP contribution in [0.15, 0.2) is 34.8 Å². The van der Waals surface area contributed by atoms with Crippen molar-refractivity contribution in [3.8, 4) is 0 Å². The van der Waals surface area contributed by atoms with Gasteiger partial charge in [-0.05, 0) is 61.8 Å². The number of Topliss-reactive ketones (excluding diaryl/α,β-unsaturated/α-hetero) is 1. The normalized spacial score (nSPS) is 15.3. The second-order valence-electron chi connectivity index (χ2n) is 7.72. The molecule has 1 amide bonds. The molecule has 1 fully saturated rings. The molecule has 1 aromatic heterocycles. The molecule has 0 N–H and O–H groups in total. The Morgan fingerprint density at radius 2 is 1.68 bits per heavy atom. The molecule has 0 spiro atoms. The van der Waals surface area contributed by atoms with Gasteiger partial charge < -0.3 is 9.47 Å². The Bertz CT molecular complexity index is 880. The molecule has 28 heavy (non-hydrogen) atoms. The number of hydrogen-bond donors (Lipinski definition) is 0. The first kappa shape index (κ1) is 20.8. The smallest absolute Gasteiger partial charge is 0.255 e. The zero-order valence-electron chi connectivity index (χ0n) is 17.0. The quantitative estimate of drug-likeness (QED) is 0.650. The number of aromatic nitrogens is 1. The zero-order chi connectivity index (χ0) is 20.4. The van der Waals surface area contributed by atoms with Crippen molar-refractivity contribution in [2.75, 3.05) is 32.7 Å². The minimum atomic E-state index is 0.0407. The third-order valence-electron chi connectivity index (χ3n) is 5.43. The second-order valence-corrected chi connectivity index (χ2v) is 8.57. The Morgan fingerprint density at radius 3 is 2.25 bits per heavy atom. The fourth-order valence-corrected chi connectivity index (χ4v) is 4.51. The number of amides is 1. The van der Waals surface area contributed by atoms with E-state index in [1.54, 1.807) is 0 Å². The van der Waals surface area contributed by atoms with Crippen LogP contribution >= 0.6 is 15.9 Å². The van der Waals surface area contributed by atoms with Crippen LogP contribution in [0.4, 0.5) is 0 Å². The topological polar surface area (TPSA) is 45.6 Å². The first-order valence-electron chi connectivity index (χ1n) is 9.77. The maximum atomic E-state index is 12.9. The van der Waals surface area contributed by atoms with Crippen molar-refractivity contribution in [1.82, 2.24) is 14.4 Å². The summed E-state index contributed by atoms with van der Waals surface area (Å²) in [5, 5.41) is 0. The maximum absolute atomic E-state index is 12.9. The predicted molar refractivity (Wildman–Crippen MR) is 115 cm³/mol. The van der Waals surface area contributed by atoms with E-state index in [4.69, 9.17) is 0 Å². The van der Waals surface area contributed by atoms with Gasteiger partial charge in [0.05, 0.1) is 12.1 Å². The van der Waals surface area contributed by atoms with Gasteiger partial charge in [0.2, 0.25) is 0 Å². The fourth-order valence-electron chi connectivity index (χ4n) is 4.06. The van der Waals surface area contributed by atoms with Gasteiger partial charge in [0, 0.05) is 53.6 Å². The molecule has 1 aromatic carbocycles. The van der Waals surface area contributed by atoms with E-state index in [0.29, 0.717) is 44.3 Å². The Kier molecular flexibility index (Phi) is 6.40. The number of nitrogens with zero attached hydrogens (tertiary/aromatic N) is 3. The molecule has 0 atom stereocenters. The third-order valence-corrected chi connectivity index (χ3v) is 6.12. The van der Waals surface area contributed by atoms with Crippen LogP contribution in [-0.2, 0) is 0 Å². The maximum Gasteiger partial charge on any atom is 0.255 e. The molecule has 5 nitrogen and oxygen atoms in total. The molecule has 0 bridgehead atoms. The number of halogens is 1. The molecule has 0 unspecified atom stereocenters. The van der Waals surface area contributed by atoms with Crippen LogP contribution in [-0.4, -0.2) is 58.8 Å². The van der Waals surface area contributed by atoms with Gasteiger partial charge in [-0.2, -0.15) is 0 Å². The summed E-state index contributed by atoms with van der Waals surface area (Å²) in [6.07, 6.45) is 0. The van der Waals surface area contributed by atoms with Crippen molar-refractivity contribution in [2.24, 2.45) is 0 Å². The van der Waals surface area contributed by atoms with Crippen molar-refractivity contribution in [3.05, 3.63) is 57.3 Å². The van der Waals surface area contributed by atoms with Crippen LogP contribution in [0.3, 0.4) is 0 Å². The zero-order valence-corrected chi connectivity index (χ0v) is 18.6. The number of ketones is 1. The number of carbonyl (C=O) groups is 2. The molecule has 0 aliphatic carbocycles. The Hall–Kier alpha value is -1.92. The summed E-state index contributed by atoms with van der Waals surface area (Å²) in [5.74, 6) is 0.199. The monoisotopic (exact) mass is 445 g/mol. The van der Waals surface area contributed by atoms with E-state index < -0.39 is 0 Å². The molecular formula is C22H28BrN3O2. The van der Waals surface area contributed by atoms with Crippen molar-refractivity contribution < 1.29 is 9.59 Å². The molecule has 6 heteroatoms. The van der Waals surface area contributed by atoms with E-state index in [1.807, 2.05) is 42.2 Å². The molecule has 1 saturated heterocycles. The average molecular weight is 446 g/mol. The van der Waals surface area contributed by atoms with Crippen molar-refractivity contribution in [3.63, 3.8) is 0 Å². The van der Waals surface area contributed by atoms with E-state index in [2.05, 4.69) is 46.2 Å². The largest absolute Gasteiger partial charge is 0.346 e. The lowest BCUT2D eigenvalue weighted by Gasteiger charge is -2.34. The molecule has 0 radical (unpaired) electrons. The van der Waals surface area contributed by atoms with E-state index >= 15 is 0 Å². The van der Waals surface area contributed by atoms with E-state index in [1.165, 1.54) is 0 Å². The Balaban J connectivity index is 1.60. The van der Waals surface area contributed by atoms with Gasteiger partial charge in [-0.1, -0.05) is 12.1 Å². The first-order valence-corrected chi connectivity index (χ1v) is 10.6. The van der Waals surface area contributed by atoms with Crippen molar-refractivity contribution >= 4 is 27.6 Å². The van der Waals surface area contributed by atoms with Gasteiger partial charge in [-0.3, -0.25) is 14.5 Å². The number of benzene rings is 1. The second kappa shape index (κ2) is 8.62. The Labute approximate surface area is 175 Å². The molecule has 2 aromatic rings. The fraction of sp³-hybridized carbons (Fsp3) is 0.455. The molecule has 3 rings (SSSR count). The number of aryl methyl sites for hydroxylation is 1. The summed E-state index contributed by atoms with van der Waals surface area (Å²) in [6.45, 7) is 11.4. The van der Waals surface area contributed by atoms with Gasteiger partial charge in [0.25, 0.3) is 5.91 Å². The van der Waals surface area contributed by atoms with Crippen molar-refractivity contribution in [1.29, 1.82) is 0 Å². The molecule has 0 saturated carbocycles. The van der Waals surface area contributed by atoms with Crippen LogP contribution in [0.5, 0.6) is 0 Å². The van der Waals surface area contributed by atoms with Gasteiger partial charge in [-0.25, -0.2) is 0 Å². The van der Waals surface area contributed by atoms with Crippen LogP contribution in [0.25, 0.3) is 0 Å². The summed E-state index contributed by atoms with van der Waals surface area (Å²) in [5.41, 5.74) is 3.67. The Morgan fingerprint density at radius 1 is 1.04 bits per heavy atom. The summed E-state index contributed by atoms with van der Waals surface area (Å²) in [6, 6.07) is 9.85. The van der Waals surface area contributed by atoms with Crippen LogP contribution in [0.2, 0.25) is 0 Å². The highest BCUT2D eigenvalue weighted by atomic mass is 79.9. The van der Waals surface area contributed by atoms with Gasteiger partial charge in [-0.15, -0.1) is 0 Å². The van der Waals surface area contributed by atoms with Gasteiger partial charge in [0.15, 0.2) is 5.78 Å². The predicted octanol–water partition coefficient (Wildman–Crippen LogP) is 4.09. The van der Waals surface area contributed by atoms with E-state index in [0.717, 1.165) is 21.4 Å². The van der Waals surface area contributed by atoms with Crippen LogP contribution < -0.4 is 0 Å². The summed E-state index contributed by atoms with van der Waals surface area (Å²) in [7, 11) is 0. The highest BCUT2D eigenvalue weighted by Gasteiger charge is 2.25. The number of piperazine rings is 1. The highest BCUT2D eigenvalue weighted by Crippen LogP contribution is 2.22. The number of carbonyl (C=O) groups excluding carboxylic acids is 2. The lowest BCUT2D eigenvalue weighted by molar-refractivity contribution is 0.0623. The molecule has 1 aliphatic rings. The summed E-state index contributed by atoms with van der Waals surface area (Å²) >= 11 is 3.45.